The molecule has 0 radical (unpaired) electrons. The minimum atomic E-state index is 0.693. The minimum Gasteiger partial charge on any atom is -0.455 e. The molecule has 0 bridgehead atoms. The van der Waals surface area contributed by atoms with Gasteiger partial charge in [-0.3, -0.25) is 0 Å². The van der Waals surface area contributed by atoms with Crippen molar-refractivity contribution in [3.63, 3.8) is 0 Å². The lowest BCUT2D eigenvalue weighted by molar-refractivity contribution is 0.673. The first-order valence-electron chi connectivity index (χ1n) is 20.7. The lowest BCUT2D eigenvalue weighted by atomic mass is 9.95. The zero-order valence-corrected chi connectivity index (χ0v) is 33.1. The number of anilines is 1. The van der Waals surface area contributed by atoms with Gasteiger partial charge >= 0.3 is 0 Å². The molecule has 2 heteroatoms. The van der Waals surface area contributed by atoms with Crippen LogP contribution >= 0.6 is 0 Å². The van der Waals surface area contributed by atoms with Crippen LogP contribution in [0, 0.1) is 0 Å². The Kier molecular flexibility index (Phi) is 9.02. The molecule has 0 saturated carbocycles. The molecular weight excluding hydrogens is 727 g/mol. The third-order valence-electron chi connectivity index (χ3n) is 12.0. The van der Waals surface area contributed by atoms with Crippen molar-refractivity contribution in [2.24, 2.45) is 0 Å². The van der Waals surface area contributed by atoms with Crippen LogP contribution in [0.25, 0.3) is 88.0 Å². The van der Waals surface area contributed by atoms with Crippen LogP contribution in [-0.4, -0.2) is 0 Å². The lowest BCUT2D eigenvalue weighted by Gasteiger charge is -2.28. The molecule has 284 valence electrons. The van der Waals surface area contributed by atoms with Crippen molar-refractivity contribution in [2.75, 3.05) is 4.90 Å². The number of furan rings is 1. The maximum atomic E-state index is 6.87. The van der Waals surface area contributed by atoms with Crippen molar-refractivity contribution in [1.29, 1.82) is 0 Å². The summed E-state index contributed by atoms with van der Waals surface area (Å²) in [6.45, 7) is 1.41. The maximum absolute atomic E-state index is 6.87. The number of benzene rings is 10. The van der Waals surface area contributed by atoms with Gasteiger partial charge in [0.15, 0.2) is 0 Å². The average Bonchev–Trinajstić information content (AvgIpc) is 3.72. The second-order valence-electron chi connectivity index (χ2n) is 15.7. The van der Waals surface area contributed by atoms with Crippen LogP contribution in [0.5, 0.6) is 0 Å². The molecule has 60 heavy (non-hydrogen) atoms. The van der Waals surface area contributed by atoms with Gasteiger partial charge in [0, 0.05) is 40.5 Å². The number of para-hydroxylation sites is 1. The third-order valence-corrected chi connectivity index (χ3v) is 12.0. The fourth-order valence-electron chi connectivity index (χ4n) is 8.97. The predicted molar refractivity (Wildman–Crippen MR) is 253 cm³/mol. The van der Waals surface area contributed by atoms with Gasteiger partial charge in [0.2, 0.25) is 0 Å². The Bertz CT molecular complexity index is 3320. The van der Waals surface area contributed by atoms with E-state index >= 15 is 0 Å². The molecule has 0 aliphatic heterocycles. The van der Waals surface area contributed by atoms with E-state index < -0.39 is 0 Å². The highest BCUT2D eigenvalue weighted by atomic mass is 16.3. The summed E-state index contributed by atoms with van der Waals surface area (Å²) in [5, 5.41) is 7.08. The largest absolute Gasteiger partial charge is 0.455 e. The van der Waals surface area contributed by atoms with E-state index in [1.165, 1.54) is 66.2 Å². The van der Waals surface area contributed by atoms with Crippen LogP contribution in [0.3, 0.4) is 0 Å². The Hall–Kier alpha value is -7.68. The van der Waals surface area contributed by atoms with Gasteiger partial charge < -0.3 is 9.32 Å². The zero-order valence-electron chi connectivity index (χ0n) is 33.1. The molecule has 0 N–H and O–H groups in total. The SMILES string of the molecule is c1ccc(-c2ccc(-c3ccccc3CN(Cc3ccccc3-c3cccc4c3oc3c5ccccc5ccc43)c3cccc(-c4ccc5ccccc5c4)c3)cc2)cc1. The highest BCUT2D eigenvalue weighted by molar-refractivity contribution is 6.17. The molecule has 2 nitrogen and oxygen atoms in total. The smallest absolute Gasteiger partial charge is 0.143 e. The van der Waals surface area contributed by atoms with Crippen molar-refractivity contribution >= 4 is 49.2 Å². The number of hydrogen-bond acceptors (Lipinski definition) is 2. The molecule has 0 spiro atoms. The van der Waals surface area contributed by atoms with E-state index in [9.17, 15) is 0 Å². The van der Waals surface area contributed by atoms with E-state index in [0.29, 0.717) is 13.1 Å². The van der Waals surface area contributed by atoms with Gasteiger partial charge in [-0.1, -0.05) is 200 Å². The van der Waals surface area contributed by atoms with Crippen LogP contribution in [0.4, 0.5) is 5.69 Å². The standard InChI is InChI=1S/C58H41NO/c1-2-14-40(15-3-1)42-28-31-44(32-29-42)51-23-9-7-19-48(51)38-59(50-22-12-21-46(37-50)47-33-30-41-16-4-5-18-45(41)36-47)39-49-20-8-10-24-52(49)54-26-13-27-55-56-35-34-43-17-6-11-25-53(43)57(56)60-58(54)55/h1-37H,38-39H2. The molecule has 11 aromatic rings. The van der Waals surface area contributed by atoms with E-state index in [-0.39, 0.29) is 0 Å². The second kappa shape index (κ2) is 15.2. The van der Waals surface area contributed by atoms with Crippen LogP contribution in [-0.2, 0) is 13.1 Å². The van der Waals surface area contributed by atoms with Crippen LogP contribution in [0.2, 0.25) is 0 Å². The molecule has 0 aliphatic carbocycles. The Balaban J connectivity index is 1.02. The molecule has 0 fully saturated rings. The van der Waals surface area contributed by atoms with Crippen molar-refractivity contribution in [3.05, 3.63) is 236 Å². The van der Waals surface area contributed by atoms with Gasteiger partial charge in [0.1, 0.15) is 11.2 Å². The summed E-state index contributed by atoms with van der Waals surface area (Å²) >= 11 is 0. The molecule has 0 unspecified atom stereocenters. The molecule has 0 atom stereocenters. The van der Waals surface area contributed by atoms with Crippen molar-refractivity contribution in [2.45, 2.75) is 13.1 Å². The first kappa shape index (κ1) is 35.5. The van der Waals surface area contributed by atoms with E-state index in [2.05, 4.69) is 229 Å². The van der Waals surface area contributed by atoms with Gasteiger partial charge in [-0.25, -0.2) is 0 Å². The Morgan fingerprint density at radius 3 is 1.67 bits per heavy atom. The number of rotatable bonds is 9. The quantitative estimate of drug-likeness (QED) is 0.145. The lowest BCUT2D eigenvalue weighted by Crippen LogP contribution is -2.23. The molecule has 10 aromatic carbocycles. The predicted octanol–water partition coefficient (Wildman–Crippen LogP) is 15.8. The van der Waals surface area contributed by atoms with Gasteiger partial charge in [0.05, 0.1) is 0 Å². The van der Waals surface area contributed by atoms with E-state index in [0.717, 1.165) is 38.6 Å². The van der Waals surface area contributed by atoms with E-state index in [4.69, 9.17) is 4.42 Å². The normalized spacial score (nSPS) is 11.5. The molecule has 0 saturated heterocycles. The summed E-state index contributed by atoms with van der Waals surface area (Å²) in [5.74, 6) is 0. The van der Waals surface area contributed by atoms with Gasteiger partial charge in [-0.2, -0.15) is 0 Å². The van der Waals surface area contributed by atoms with Gasteiger partial charge in [-0.15, -0.1) is 0 Å². The monoisotopic (exact) mass is 767 g/mol. The average molecular weight is 768 g/mol. The van der Waals surface area contributed by atoms with Crippen LogP contribution < -0.4 is 4.90 Å². The highest BCUT2D eigenvalue weighted by Gasteiger charge is 2.19. The summed E-state index contributed by atoms with van der Waals surface area (Å²) in [4.78, 5) is 2.53. The molecule has 0 amide bonds. The number of hydrogen-bond donors (Lipinski definition) is 0. The first-order chi connectivity index (χ1) is 29.7. The Morgan fingerprint density at radius 2 is 0.833 bits per heavy atom. The minimum absolute atomic E-state index is 0.693. The molecule has 11 rings (SSSR count). The maximum Gasteiger partial charge on any atom is 0.143 e. The van der Waals surface area contributed by atoms with Gasteiger partial charge in [0.25, 0.3) is 0 Å². The molecule has 1 heterocycles. The highest BCUT2D eigenvalue weighted by Crippen LogP contribution is 2.41. The summed E-state index contributed by atoms with van der Waals surface area (Å²) < 4.78 is 6.87. The summed E-state index contributed by atoms with van der Waals surface area (Å²) in [6, 6.07) is 81.2. The van der Waals surface area contributed by atoms with Crippen LogP contribution in [0.1, 0.15) is 11.1 Å². The summed E-state index contributed by atoms with van der Waals surface area (Å²) in [6.07, 6.45) is 0. The number of fused-ring (bicyclic) bond motifs is 6. The van der Waals surface area contributed by atoms with Crippen molar-refractivity contribution in [3.8, 4) is 44.5 Å². The zero-order chi connectivity index (χ0) is 39.8. The van der Waals surface area contributed by atoms with Gasteiger partial charge in [-0.05, 0) is 90.5 Å². The first-order valence-corrected chi connectivity index (χ1v) is 20.7. The van der Waals surface area contributed by atoms with Crippen molar-refractivity contribution < 1.29 is 4.42 Å². The second-order valence-corrected chi connectivity index (χ2v) is 15.7. The number of nitrogens with zero attached hydrogens (tertiary/aromatic N) is 1. The molecular formula is C58H41NO. The Labute approximate surface area is 350 Å². The third kappa shape index (κ3) is 6.59. The fraction of sp³-hybridized carbons (Fsp3) is 0.0345. The van der Waals surface area contributed by atoms with E-state index in [1.54, 1.807) is 0 Å². The van der Waals surface area contributed by atoms with E-state index in [1.807, 2.05) is 0 Å². The van der Waals surface area contributed by atoms with Crippen LogP contribution in [0.15, 0.2) is 229 Å². The Morgan fingerprint density at radius 1 is 0.300 bits per heavy atom. The molecule has 1 aromatic heterocycles. The summed E-state index contributed by atoms with van der Waals surface area (Å²) in [7, 11) is 0. The fourth-order valence-corrected chi connectivity index (χ4v) is 8.97. The summed E-state index contributed by atoms with van der Waals surface area (Å²) in [5.41, 5.74) is 15.1. The molecule has 0 aliphatic rings. The van der Waals surface area contributed by atoms with Crippen molar-refractivity contribution in [1.82, 2.24) is 0 Å². The topological polar surface area (TPSA) is 16.4 Å².